The molecule has 1 fully saturated rings. The summed E-state index contributed by atoms with van der Waals surface area (Å²) in [5.74, 6) is 0.238. The molecule has 100 valence electrons. The fourth-order valence-electron chi connectivity index (χ4n) is 2.89. The second kappa shape index (κ2) is 4.88. The molecule has 3 heteroatoms. The number of rotatable bonds is 2. The Balaban J connectivity index is 2.26. The van der Waals surface area contributed by atoms with Gasteiger partial charge < -0.3 is 10.5 Å². The van der Waals surface area contributed by atoms with Crippen LogP contribution in [0.15, 0.2) is 18.2 Å². The normalized spacial score (nSPS) is 26.9. The molecule has 1 aliphatic rings. The Bertz CT molecular complexity index is 431. The minimum absolute atomic E-state index is 0.130. The van der Waals surface area contributed by atoms with E-state index in [1.54, 1.807) is 12.1 Å². The summed E-state index contributed by atoms with van der Waals surface area (Å²) in [7, 11) is 1.48. The number of hydrogen-bond acceptors (Lipinski definition) is 2. The second-order valence-corrected chi connectivity index (χ2v) is 6.07. The van der Waals surface area contributed by atoms with Gasteiger partial charge in [-0.2, -0.15) is 0 Å². The van der Waals surface area contributed by atoms with E-state index < -0.39 is 0 Å². The van der Waals surface area contributed by atoms with E-state index >= 15 is 0 Å². The maximum absolute atomic E-state index is 13.8. The van der Waals surface area contributed by atoms with Crippen LogP contribution in [-0.2, 0) is 0 Å². The van der Waals surface area contributed by atoms with Crippen LogP contribution in [0.4, 0.5) is 4.39 Å². The van der Waals surface area contributed by atoms with Crippen LogP contribution in [0.5, 0.6) is 5.75 Å². The summed E-state index contributed by atoms with van der Waals surface area (Å²) < 4.78 is 18.7. The van der Waals surface area contributed by atoms with Gasteiger partial charge in [-0.15, -0.1) is 0 Å². The monoisotopic (exact) mass is 251 g/mol. The molecular weight excluding hydrogens is 229 g/mol. The summed E-state index contributed by atoms with van der Waals surface area (Å²) in [5.41, 5.74) is 7.48. The lowest BCUT2D eigenvalue weighted by Crippen LogP contribution is -2.37. The van der Waals surface area contributed by atoms with E-state index in [2.05, 4.69) is 13.8 Å². The molecule has 0 bridgehead atoms. The molecule has 0 saturated heterocycles. The fraction of sp³-hybridized carbons (Fsp3) is 0.600. The lowest BCUT2D eigenvalue weighted by Gasteiger charge is -2.39. The zero-order chi connectivity index (χ0) is 13.3. The molecule has 0 aliphatic heterocycles. The molecule has 2 unspecified atom stereocenters. The largest absolute Gasteiger partial charge is 0.494 e. The van der Waals surface area contributed by atoms with Crippen molar-refractivity contribution in [1.29, 1.82) is 0 Å². The molecular formula is C15H22FNO. The van der Waals surface area contributed by atoms with E-state index in [1.807, 2.05) is 6.07 Å². The Hall–Kier alpha value is -1.09. The predicted molar refractivity (Wildman–Crippen MR) is 71.3 cm³/mol. The molecule has 0 aromatic heterocycles. The number of halogens is 1. The molecule has 2 rings (SSSR count). The summed E-state index contributed by atoms with van der Waals surface area (Å²) in [6, 6.07) is 5.34. The summed E-state index contributed by atoms with van der Waals surface area (Å²) in [4.78, 5) is 0. The molecule has 0 spiro atoms. The Kier molecular flexibility index (Phi) is 3.62. The third kappa shape index (κ3) is 2.66. The van der Waals surface area contributed by atoms with E-state index in [0.717, 1.165) is 24.8 Å². The highest BCUT2D eigenvalue weighted by Crippen LogP contribution is 2.43. The highest BCUT2D eigenvalue weighted by atomic mass is 19.1. The third-order valence-corrected chi connectivity index (χ3v) is 4.05. The molecule has 2 nitrogen and oxygen atoms in total. The van der Waals surface area contributed by atoms with Gasteiger partial charge in [-0.25, -0.2) is 4.39 Å². The predicted octanol–water partition coefficient (Wildman–Crippen LogP) is 3.46. The molecule has 1 saturated carbocycles. The maximum Gasteiger partial charge on any atom is 0.165 e. The number of nitrogens with two attached hydrogens (primary N) is 1. The average Bonchev–Trinajstić information content (AvgIpc) is 2.32. The molecule has 1 aromatic carbocycles. The highest BCUT2D eigenvalue weighted by Gasteiger charge is 2.34. The first kappa shape index (κ1) is 13.3. The zero-order valence-electron chi connectivity index (χ0n) is 11.4. The zero-order valence-corrected chi connectivity index (χ0v) is 11.4. The van der Waals surface area contributed by atoms with Crippen molar-refractivity contribution < 1.29 is 9.13 Å². The van der Waals surface area contributed by atoms with Gasteiger partial charge in [0.25, 0.3) is 0 Å². The van der Waals surface area contributed by atoms with Gasteiger partial charge in [0, 0.05) is 6.04 Å². The lowest BCUT2D eigenvalue weighted by molar-refractivity contribution is 0.198. The van der Waals surface area contributed by atoms with Gasteiger partial charge in [-0.1, -0.05) is 19.9 Å². The molecule has 0 heterocycles. The molecule has 2 atom stereocenters. The van der Waals surface area contributed by atoms with Crippen molar-refractivity contribution in [2.24, 2.45) is 11.1 Å². The fourth-order valence-corrected chi connectivity index (χ4v) is 2.89. The highest BCUT2D eigenvalue weighted by molar-refractivity contribution is 5.32. The molecule has 1 aliphatic carbocycles. The van der Waals surface area contributed by atoms with Crippen molar-refractivity contribution in [1.82, 2.24) is 0 Å². The SMILES string of the molecule is COc1ccc(C2CC(C)(C)CCC2N)cc1F. The van der Waals surface area contributed by atoms with Crippen LogP contribution < -0.4 is 10.5 Å². The van der Waals surface area contributed by atoms with E-state index in [4.69, 9.17) is 10.5 Å². The van der Waals surface area contributed by atoms with E-state index in [-0.39, 0.29) is 23.2 Å². The van der Waals surface area contributed by atoms with Crippen LogP contribution in [0.25, 0.3) is 0 Å². The number of hydrogen-bond donors (Lipinski definition) is 1. The van der Waals surface area contributed by atoms with Crippen molar-refractivity contribution in [3.05, 3.63) is 29.6 Å². The van der Waals surface area contributed by atoms with Gasteiger partial charge in [0.15, 0.2) is 11.6 Å². The van der Waals surface area contributed by atoms with Gasteiger partial charge in [0.1, 0.15) is 0 Å². The van der Waals surface area contributed by atoms with Crippen LogP contribution in [0.2, 0.25) is 0 Å². The van der Waals surface area contributed by atoms with Gasteiger partial charge in [0.05, 0.1) is 7.11 Å². The molecule has 18 heavy (non-hydrogen) atoms. The Morgan fingerprint density at radius 1 is 1.39 bits per heavy atom. The number of benzene rings is 1. The van der Waals surface area contributed by atoms with Crippen molar-refractivity contribution >= 4 is 0 Å². The molecule has 0 amide bonds. The first-order chi connectivity index (χ1) is 8.43. The minimum Gasteiger partial charge on any atom is -0.494 e. The van der Waals surface area contributed by atoms with Crippen LogP contribution in [0.1, 0.15) is 44.6 Å². The third-order valence-electron chi connectivity index (χ3n) is 4.05. The maximum atomic E-state index is 13.8. The van der Waals surface area contributed by atoms with Crippen molar-refractivity contribution in [3.8, 4) is 5.75 Å². The smallest absolute Gasteiger partial charge is 0.165 e. The van der Waals surface area contributed by atoms with Crippen LogP contribution in [0, 0.1) is 11.2 Å². The molecule has 2 N–H and O–H groups in total. The Morgan fingerprint density at radius 3 is 2.72 bits per heavy atom. The summed E-state index contributed by atoms with van der Waals surface area (Å²) in [6.07, 6.45) is 3.16. The number of ether oxygens (including phenoxy) is 1. The van der Waals surface area contributed by atoms with Gasteiger partial charge in [0.2, 0.25) is 0 Å². The molecule has 1 aromatic rings. The summed E-state index contributed by atoms with van der Waals surface area (Å²) >= 11 is 0. The second-order valence-electron chi connectivity index (χ2n) is 6.07. The Morgan fingerprint density at radius 2 is 2.11 bits per heavy atom. The van der Waals surface area contributed by atoms with Crippen molar-refractivity contribution in [3.63, 3.8) is 0 Å². The van der Waals surface area contributed by atoms with Gasteiger partial charge >= 0.3 is 0 Å². The minimum atomic E-state index is -0.300. The van der Waals surface area contributed by atoms with Gasteiger partial charge in [-0.05, 0) is 48.3 Å². The number of methoxy groups -OCH3 is 1. The average molecular weight is 251 g/mol. The van der Waals surface area contributed by atoms with Gasteiger partial charge in [-0.3, -0.25) is 0 Å². The first-order valence-electron chi connectivity index (χ1n) is 6.52. The van der Waals surface area contributed by atoms with E-state index in [0.29, 0.717) is 5.75 Å². The van der Waals surface area contributed by atoms with E-state index in [1.165, 1.54) is 7.11 Å². The van der Waals surface area contributed by atoms with Crippen LogP contribution in [-0.4, -0.2) is 13.2 Å². The standard InChI is InChI=1S/C15H22FNO/c1-15(2)7-6-13(17)11(9-15)10-4-5-14(18-3)12(16)8-10/h4-5,8,11,13H,6-7,9,17H2,1-3H3. The Labute approximate surface area is 108 Å². The lowest BCUT2D eigenvalue weighted by atomic mass is 9.68. The topological polar surface area (TPSA) is 35.2 Å². The van der Waals surface area contributed by atoms with Crippen LogP contribution >= 0.6 is 0 Å². The van der Waals surface area contributed by atoms with Crippen molar-refractivity contribution in [2.45, 2.75) is 45.1 Å². The quantitative estimate of drug-likeness (QED) is 0.873. The van der Waals surface area contributed by atoms with Crippen molar-refractivity contribution in [2.75, 3.05) is 7.11 Å². The molecule has 0 radical (unpaired) electrons. The van der Waals surface area contributed by atoms with E-state index in [9.17, 15) is 4.39 Å². The summed E-state index contributed by atoms with van der Waals surface area (Å²) in [5, 5.41) is 0. The summed E-state index contributed by atoms with van der Waals surface area (Å²) in [6.45, 7) is 4.51. The first-order valence-corrected chi connectivity index (χ1v) is 6.52. The van der Waals surface area contributed by atoms with Crippen LogP contribution in [0.3, 0.4) is 0 Å².